The van der Waals surface area contributed by atoms with E-state index in [0.29, 0.717) is 6.04 Å². The topological polar surface area (TPSA) is 32.3 Å². The van der Waals surface area contributed by atoms with Crippen molar-refractivity contribution in [2.24, 2.45) is 0 Å². The van der Waals surface area contributed by atoms with Gasteiger partial charge in [0.15, 0.2) is 0 Å². The summed E-state index contributed by atoms with van der Waals surface area (Å²) >= 11 is 0. The molecule has 1 aliphatic rings. The Bertz CT molecular complexity index is 865. The van der Waals surface area contributed by atoms with Gasteiger partial charge in [-0.3, -0.25) is 19.8 Å². The molecule has 4 heteroatoms. The molecule has 0 N–H and O–H groups in total. The lowest BCUT2D eigenvalue weighted by atomic mass is 10.1. The van der Waals surface area contributed by atoms with Crippen LogP contribution in [0.2, 0.25) is 0 Å². The molecule has 0 unspecified atom stereocenters. The predicted octanol–water partition coefficient (Wildman–Crippen LogP) is 3.82. The molecule has 3 aromatic rings. The summed E-state index contributed by atoms with van der Waals surface area (Å²) in [6.45, 7) is 10.0. The molecule has 1 saturated heterocycles. The van der Waals surface area contributed by atoms with Crippen LogP contribution in [0.25, 0.3) is 22.0 Å². The third-order valence-electron chi connectivity index (χ3n) is 5.29. The van der Waals surface area contributed by atoms with Crippen molar-refractivity contribution >= 4 is 10.9 Å². The van der Waals surface area contributed by atoms with E-state index in [9.17, 15) is 0 Å². The van der Waals surface area contributed by atoms with Gasteiger partial charge in [-0.2, -0.15) is 0 Å². The molecule has 1 aromatic carbocycles. The van der Waals surface area contributed by atoms with Crippen molar-refractivity contribution in [1.29, 1.82) is 0 Å². The highest BCUT2D eigenvalue weighted by Gasteiger charge is 2.18. The minimum absolute atomic E-state index is 0.644. The average Bonchev–Trinajstić information content (AvgIpc) is 2.68. The summed E-state index contributed by atoms with van der Waals surface area (Å²) in [6, 6.07) is 15.4. The fraction of sp³-hybridized carbons (Fsp3) is 0.364. The maximum atomic E-state index is 4.71. The largest absolute Gasteiger partial charge is 0.298 e. The summed E-state index contributed by atoms with van der Waals surface area (Å²) < 4.78 is 0. The van der Waals surface area contributed by atoms with Crippen molar-refractivity contribution in [2.75, 3.05) is 26.2 Å². The van der Waals surface area contributed by atoms with E-state index in [4.69, 9.17) is 4.98 Å². The lowest BCUT2D eigenvalue weighted by molar-refractivity contribution is 0.103. The molecule has 0 aliphatic carbocycles. The van der Waals surface area contributed by atoms with Gasteiger partial charge in [0.2, 0.25) is 0 Å². The average molecular weight is 346 g/mol. The summed E-state index contributed by atoms with van der Waals surface area (Å²) in [7, 11) is 0. The highest BCUT2D eigenvalue weighted by Crippen LogP contribution is 2.23. The molecule has 1 aliphatic heterocycles. The van der Waals surface area contributed by atoms with Crippen LogP contribution in [0.4, 0.5) is 0 Å². The quantitative estimate of drug-likeness (QED) is 0.719. The van der Waals surface area contributed by atoms with Crippen molar-refractivity contribution in [3.63, 3.8) is 0 Å². The molecule has 4 nitrogen and oxygen atoms in total. The number of rotatable bonds is 4. The molecule has 2 aromatic heterocycles. The maximum absolute atomic E-state index is 4.71. The molecule has 0 amide bonds. The van der Waals surface area contributed by atoms with Crippen LogP contribution < -0.4 is 0 Å². The van der Waals surface area contributed by atoms with Crippen LogP contribution in [-0.4, -0.2) is 52.0 Å². The van der Waals surface area contributed by atoms with E-state index >= 15 is 0 Å². The number of hydrogen-bond donors (Lipinski definition) is 0. The van der Waals surface area contributed by atoms with Gasteiger partial charge in [0.05, 0.1) is 11.2 Å². The molecule has 4 rings (SSSR count). The van der Waals surface area contributed by atoms with E-state index in [1.165, 1.54) is 10.9 Å². The second kappa shape index (κ2) is 7.52. The standard InChI is InChI=1S/C22H26N4/c1-17(2)26-12-10-25(11-13-26)16-21-8-7-20(15-24-21)19-6-5-18-4-3-9-23-22(18)14-19/h3-9,14-15,17H,10-13,16H2,1-2H3. The molecular weight excluding hydrogens is 320 g/mol. The molecule has 0 atom stereocenters. The van der Waals surface area contributed by atoms with Gasteiger partial charge in [-0.25, -0.2) is 0 Å². The Kier molecular flexibility index (Phi) is 4.96. The zero-order valence-corrected chi connectivity index (χ0v) is 15.6. The van der Waals surface area contributed by atoms with Gasteiger partial charge in [-0.15, -0.1) is 0 Å². The number of aromatic nitrogens is 2. The number of pyridine rings is 2. The number of piperazine rings is 1. The summed E-state index contributed by atoms with van der Waals surface area (Å²) in [5, 5.41) is 1.17. The molecular formula is C22H26N4. The van der Waals surface area contributed by atoms with Crippen molar-refractivity contribution < 1.29 is 0 Å². The summed E-state index contributed by atoms with van der Waals surface area (Å²) in [6.07, 6.45) is 3.83. The number of nitrogens with zero attached hydrogens (tertiary/aromatic N) is 4. The summed E-state index contributed by atoms with van der Waals surface area (Å²) in [5.41, 5.74) is 4.48. The van der Waals surface area contributed by atoms with E-state index in [1.807, 2.05) is 18.5 Å². The molecule has 0 radical (unpaired) electrons. The van der Waals surface area contributed by atoms with E-state index < -0.39 is 0 Å². The maximum Gasteiger partial charge on any atom is 0.0708 e. The van der Waals surface area contributed by atoms with Crippen LogP contribution in [-0.2, 0) is 6.54 Å². The first-order valence-corrected chi connectivity index (χ1v) is 9.45. The molecule has 3 heterocycles. The monoisotopic (exact) mass is 346 g/mol. The molecule has 26 heavy (non-hydrogen) atoms. The second-order valence-electron chi connectivity index (χ2n) is 7.35. The van der Waals surface area contributed by atoms with Crippen LogP contribution in [0.15, 0.2) is 54.9 Å². The van der Waals surface area contributed by atoms with Crippen molar-refractivity contribution in [3.05, 3.63) is 60.6 Å². The Morgan fingerprint density at radius 2 is 1.73 bits per heavy atom. The lowest BCUT2D eigenvalue weighted by Crippen LogP contribution is -2.48. The van der Waals surface area contributed by atoms with Gasteiger partial charge in [0.1, 0.15) is 0 Å². The van der Waals surface area contributed by atoms with Crippen molar-refractivity contribution in [2.45, 2.75) is 26.4 Å². The Morgan fingerprint density at radius 1 is 0.923 bits per heavy atom. The van der Waals surface area contributed by atoms with Crippen LogP contribution in [0, 0.1) is 0 Å². The fourth-order valence-corrected chi connectivity index (χ4v) is 3.60. The van der Waals surface area contributed by atoms with E-state index in [1.54, 1.807) is 0 Å². The Labute approximate surface area is 155 Å². The first kappa shape index (κ1) is 17.1. The van der Waals surface area contributed by atoms with E-state index in [2.05, 4.69) is 65.0 Å². The fourth-order valence-electron chi connectivity index (χ4n) is 3.60. The SMILES string of the molecule is CC(C)N1CCN(Cc2ccc(-c3ccc4cccnc4c3)cn2)CC1. The van der Waals surface area contributed by atoms with Gasteiger partial charge >= 0.3 is 0 Å². The molecule has 0 spiro atoms. The van der Waals surface area contributed by atoms with Crippen LogP contribution in [0.1, 0.15) is 19.5 Å². The number of benzene rings is 1. The van der Waals surface area contributed by atoms with Crippen LogP contribution in [0.3, 0.4) is 0 Å². The van der Waals surface area contributed by atoms with Gasteiger partial charge in [-0.1, -0.05) is 24.3 Å². The van der Waals surface area contributed by atoms with Gasteiger partial charge < -0.3 is 0 Å². The van der Waals surface area contributed by atoms with Crippen molar-refractivity contribution in [1.82, 2.24) is 19.8 Å². The van der Waals surface area contributed by atoms with Crippen LogP contribution in [0.5, 0.6) is 0 Å². The minimum Gasteiger partial charge on any atom is -0.298 e. The zero-order valence-electron chi connectivity index (χ0n) is 15.6. The zero-order chi connectivity index (χ0) is 17.9. The third kappa shape index (κ3) is 3.76. The summed E-state index contributed by atoms with van der Waals surface area (Å²) in [4.78, 5) is 14.2. The second-order valence-corrected chi connectivity index (χ2v) is 7.35. The molecule has 134 valence electrons. The normalized spacial score (nSPS) is 16.4. The molecule has 1 fully saturated rings. The molecule has 0 bridgehead atoms. The van der Waals surface area contributed by atoms with Gasteiger partial charge in [-0.05, 0) is 37.6 Å². The van der Waals surface area contributed by atoms with Gasteiger partial charge in [0, 0.05) is 62.1 Å². The van der Waals surface area contributed by atoms with Crippen LogP contribution >= 0.6 is 0 Å². The first-order chi connectivity index (χ1) is 12.7. The lowest BCUT2D eigenvalue weighted by Gasteiger charge is -2.36. The molecule has 0 saturated carbocycles. The Balaban J connectivity index is 1.43. The van der Waals surface area contributed by atoms with Crippen molar-refractivity contribution in [3.8, 4) is 11.1 Å². The number of hydrogen-bond acceptors (Lipinski definition) is 4. The predicted molar refractivity (Wildman–Crippen MR) is 107 cm³/mol. The Morgan fingerprint density at radius 3 is 2.46 bits per heavy atom. The number of fused-ring (bicyclic) bond motifs is 1. The first-order valence-electron chi connectivity index (χ1n) is 9.45. The highest BCUT2D eigenvalue weighted by atomic mass is 15.3. The van der Waals surface area contributed by atoms with E-state index in [-0.39, 0.29) is 0 Å². The Hall–Kier alpha value is -2.30. The van der Waals surface area contributed by atoms with E-state index in [0.717, 1.165) is 49.5 Å². The highest BCUT2D eigenvalue weighted by molar-refractivity contribution is 5.83. The smallest absolute Gasteiger partial charge is 0.0708 e. The summed E-state index contributed by atoms with van der Waals surface area (Å²) in [5.74, 6) is 0. The van der Waals surface area contributed by atoms with Gasteiger partial charge in [0.25, 0.3) is 0 Å². The third-order valence-corrected chi connectivity index (χ3v) is 5.29. The minimum atomic E-state index is 0.644.